The first kappa shape index (κ1) is 19.0. The Kier molecular flexibility index (Phi) is 5.66. The highest BCUT2D eigenvalue weighted by Gasteiger charge is 2.20. The van der Waals surface area contributed by atoms with E-state index in [0.717, 1.165) is 17.3 Å². The Morgan fingerprint density at radius 3 is 2.23 bits per heavy atom. The third-order valence-electron chi connectivity index (χ3n) is 3.50. The number of hydrogen-bond acceptors (Lipinski definition) is 6. The number of hydrazone groups is 1. The van der Waals surface area contributed by atoms with Crippen molar-refractivity contribution in [3.8, 4) is 0 Å². The molecule has 0 amide bonds. The Morgan fingerprint density at radius 2 is 1.69 bits per heavy atom. The van der Waals surface area contributed by atoms with Crippen molar-refractivity contribution in [2.45, 2.75) is 27.2 Å². The van der Waals surface area contributed by atoms with Crippen LogP contribution >= 0.6 is 0 Å². The molecule has 0 heterocycles. The van der Waals surface area contributed by atoms with E-state index >= 15 is 0 Å². The molecule has 26 heavy (non-hydrogen) atoms. The summed E-state index contributed by atoms with van der Waals surface area (Å²) < 4.78 is 0. The fraction of sp³-hybridized carbons (Fsp3) is 0.278. The van der Waals surface area contributed by atoms with Crippen LogP contribution in [0.3, 0.4) is 0 Å². The lowest BCUT2D eigenvalue weighted by atomic mass is 9.87. The molecule has 8 heteroatoms. The van der Waals surface area contributed by atoms with Gasteiger partial charge in [-0.25, -0.2) is 0 Å². The Morgan fingerprint density at radius 1 is 1.04 bits per heavy atom. The van der Waals surface area contributed by atoms with Gasteiger partial charge in [-0.15, -0.1) is 0 Å². The third-order valence-corrected chi connectivity index (χ3v) is 3.50. The second-order valence-corrected chi connectivity index (χ2v) is 6.99. The molecule has 0 atom stereocenters. The number of nitrogens with one attached hydrogen (secondary N) is 1. The van der Waals surface area contributed by atoms with Crippen molar-refractivity contribution in [2.24, 2.45) is 10.5 Å². The largest absolute Gasteiger partial charge is 0.301 e. The quantitative estimate of drug-likeness (QED) is 0.456. The standard InChI is InChI=1S/C18H20N4O4/c1-18(2,3)12-16(13-7-5-4-6-8-13)20-19-15-10-9-14(21(23)24)11-17(15)22(25)26/h4-11,19H,12H2,1-3H3. The van der Waals surface area contributed by atoms with Crippen LogP contribution in [0, 0.1) is 25.6 Å². The molecule has 136 valence electrons. The van der Waals surface area contributed by atoms with Gasteiger partial charge in [0.05, 0.1) is 21.6 Å². The van der Waals surface area contributed by atoms with Gasteiger partial charge in [-0.1, -0.05) is 51.1 Å². The van der Waals surface area contributed by atoms with Gasteiger partial charge in [0.1, 0.15) is 5.69 Å². The smallest absolute Gasteiger partial charge is 0.271 e. The fourth-order valence-corrected chi connectivity index (χ4v) is 2.35. The summed E-state index contributed by atoms with van der Waals surface area (Å²) in [5, 5.41) is 26.4. The van der Waals surface area contributed by atoms with E-state index in [2.05, 4.69) is 31.3 Å². The van der Waals surface area contributed by atoms with Crippen LogP contribution in [0.2, 0.25) is 0 Å². The number of rotatable bonds is 6. The van der Waals surface area contributed by atoms with Crippen LogP contribution in [0.15, 0.2) is 53.6 Å². The molecular formula is C18H20N4O4. The van der Waals surface area contributed by atoms with Gasteiger partial charge in [0.25, 0.3) is 5.69 Å². The van der Waals surface area contributed by atoms with Gasteiger partial charge in [-0.2, -0.15) is 5.10 Å². The van der Waals surface area contributed by atoms with E-state index in [1.807, 2.05) is 30.3 Å². The van der Waals surface area contributed by atoms with E-state index in [-0.39, 0.29) is 16.8 Å². The Labute approximate surface area is 150 Å². The topological polar surface area (TPSA) is 111 Å². The number of anilines is 1. The second kappa shape index (κ2) is 7.73. The van der Waals surface area contributed by atoms with E-state index in [4.69, 9.17) is 0 Å². The van der Waals surface area contributed by atoms with Crippen molar-refractivity contribution >= 4 is 22.8 Å². The summed E-state index contributed by atoms with van der Waals surface area (Å²) >= 11 is 0. The van der Waals surface area contributed by atoms with Gasteiger partial charge in [0.2, 0.25) is 0 Å². The molecule has 0 aliphatic heterocycles. The summed E-state index contributed by atoms with van der Waals surface area (Å²) in [5.41, 5.74) is 3.66. The first-order chi connectivity index (χ1) is 12.2. The van der Waals surface area contributed by atoms with Crippen molar-refractivity contribution in [2.75, 3.05) is 5.43 Å². The molecule has 0 aliphatic carbocycles. The van der Waals surface area contributed by atoms with E-state index in [1.54, 1.807) is 0 Å². The van der Waals surface area contributed by atoms with Crippen molar-refractivity contribution in [3.05, 3.63) is 74.3 Å². The van der Waals surface area contributed by atoms with E-state index < -0.39 is 15.5 Å². The summed E-state index contributed by atoms with van der Waals surface area (Å²) in [6, 6.07) is 12.9. The number of nitrogens with zero attached hydrogens (tertiary/aromatic N) is 3. The van der Waals surface area contributed by atoms with Gasteiger partial charge < -0.3 is 0 Å². The summed E-state index contributed by atoms with van der Waals surface area (Å²) in [7, 11) is 0. The summed E-state index contributed by atoms with van der Waals surface area (Å²) in [6.07, 6.45) is 0.644. The minimum absolute atomic E-state index is 0.0439. The van der Waals surface area contributed by atoms with Crippen LogP contribution in [0.25, 0.3) is 0 Å². The van der Waals surface area contributed by atoms with Crippen molar-refractivity contribution in [1.82, 2.24) is 0 Å². The lowest BCUT2D eigenvalue weighted by Crippen LogP contribution is -2.15. The Hall–Kier alpha value is -3.29. The molecule has 0 bridgehead atoms. The maximum atomic E-state index is 11.2. The number of hydrogen-bond donors (Lipinski definition) is 1. The summed E-state index contributed by atoms with van der Waals surface area (Å²) in [5.74, 6) is 0. The monoisotopic (exact) mass is 356 g/mol. The average molecular weight is 356 g/mol. The summed E-state index contributed by atoms with van der Waals surface area (Å²) in [4.78, 5) is 20.7. The first-order valence-corrected chi connectivity index (χ1v) is 7.98. The molecule has 0 saturated heterocycles. The molecule has 0 spiro atoms. The van der Waals surface area contributed by atoms with Crippen molar-refractivity contribution in [1.29, 1.82) is 0 Å². The van der Waals surface area contributed by atoms with Gasteiger partial charge in [-0.05, 0) is 23.5 Å². The predicted octanol–water partition coefficient (Wildman–Crippen LogP) is 4.76. The molecule has 0 unspecified atom stereocenters. The van der Waals surface area contributed by atoms with Crippen molar-refractivity contribution < 1.29 is 9.85 Å². The molecule has 0 radical (unpaired) electrons. The van der Waals surface area contributed by atoms with E-state index in [1.165, 1.54) is 12.1 Å². The molecule has 0 aromatic heterocycles. The Balaban J connectivity index is 2.40. The maximum absolute atomic E-state index is 11.2. The minimum Gasteiger partial charge on any atom is -0.271 e. The molecule has 2 rings (SSSR count). The van der Waals surface area contributed by atoms with Gasteiger partial charge in [0.15, 0.2) is 0 Å². The minimum atomic E-state index is -0.672. The van der Waals surface area contributed by atoms with Crippen LogP contribution in [0.4, 0.5) is 17.1 Å². The molecule has 2 aromatic carbocycles. The SMILES string of the molecule is CC(C)(C)CC(=NNc1ccc([N+](=O)[O-])cc1[N+](=O)[O-])c1ccccc1. The lowest BCUT2D eigenvalue weighted by molar-refractivity contribution is -0.393. The first-order valence-electron chi connectivity index (χ1n) is 7.98. The molecule has 8 nitrogen and oxygen atoms in total. The molecule has 1 N–H and O–H groups in total. The predicted molar refractivity (Wildman–Crippen MR) is 100 cm³/mol. The van der Waals surface area contributed by atoms with E-state index in [9.17, 15) is 20.2 Å². The molecule has 0 aliphatic rings. The molecule has 2 aromatic rings. The normalized spacial score (nSPS) is 11.9. The van der Waals surface area contributed by atoms with E-state index in [0.29, 0.717) is 6.42 Å². The highest BCUT2D eigenvalue weighted by molar-refractivity contribution is 6.01. The van der Waals surface area contributed by atoms with Crippen LogP contribution < -0.4 is 5.43 Å². The zero-order chi connectivity index (χ0) is 19.3. The molecule has 0 fully saturated rings. The fourth-order valence-electron chi connectivity index (χ4n) is 2.35. The van der Waals surface area contributed by atoms with Crippen molar-refractivity contribution in [3.63, 3.8) is 0 Å². The van der Waals surface area contributed by atoms with Crippen LogP contribution in [0.1, 0.15) is 32.8 Å². The number of benzene rings is 2. The van der Waals surface area contributed by atoms with Crippen LogP contribution in [0.5, 0.6) is 0 Å². The zero-order valence-corrected chi connectivity index (χ0v) is 14.8. The van der Waals surface area contributed by atoms with Crippen LogP contribution in [-0.2, 0) is 0 Å². The molecule has 0 saturated carbocycles. The highest BCUT2D eigenvalue weighted by atomic mass is 16.6. The van der Waals surface area contributed by atoms with Gasteiger partial charge in [0, 0.05) is 6.07 Å². The highest BCUT2D eigenvalue weighted by Crippen LogP contribution is 2.29. The summed E-state index contributed by atoms with van der Waals surface area (Å²) in [6.45, 7) is 6.21. The maximum Gasteiger partial charge on any atom is 0.301 e. The van der Waals surface area contributed by atoms with Gasteiger partial charge >= 0.3 is 5.69 Å². The Bertz CT molecular complexity index is 842. The zero-order valence-electron chi connectivity index (χ0n) is 14.8. The average Bonchev–Trinajstić information content (AvgIpc) is 2.58. The molecular weight excluding hydrogens is 336 g/mol. The number of nitro groups is 2. The lowest BCUT2D eigenvalue weighted by Gasteiger charge is -2.19. The van der Waals surface area contributed by atoms with Crippen LogP contribution in [-0.4, -0.2) is 15.6 Å². The second-order valence-electron chi connectivity index (χ2n) is 6.99. The van der Waals surface area contributed by atoms with Gasteiger partial charge in [-0.3, -0.25) is 25.7 Å². The number of nitro benzene ring substituents is 2. The number of non-ortho nitro benzene ring substituents is 1. The third kappa shape index (κ3) is 5.10.